The van der Waals surface area contributed by atoms with Gasteiger partial charge in [-0.1, -0.05) is 24.3 Å². The number of ether oxygens (including phenoxy) is 1. The zero-order valence-electron chi connectivity index (χ0n) is 13.7. The molecule has 1 aliphatic carbocycles. The molecule has 1 aromatic carbocycles. The van der Waals surface area contributed by atoms with E-state index in [0.29, 0.717) is 12.6 Å². The van der Waals surface area contributed by atoms with Gasteiger partial charge < -0.3 is 20.5 Å². The summed E-state index contributed by atoms with van der Waals surface area (Å²) in [4.78, 5) is 4.48. The van der Waals surface area contributed by atoms with Crippen LogP contribution in [0.3, 0.4) is 0 Å². The van der Waals surface area contributed by atoms with Crippen LogP contribution in [0.25, 0.3) is 0 Å². The van der Waals surface area contributed by atoms with Crippen molar-refractivity contribution in [2.45, 2.75) is 31.9 Å². The number of nitrogens with one attached hydrogen (secondary N) is 2. The van der Waals surface area contributed by atoms with Crippen molar-refractivity contribution >= 4 is 29.9 Å². The van der Waals surface area contributed by atoms with Crippen LogP contribution >= 0.6 is 24.0 Å². The summed E-state index contributed by atoms with van der Waals surface area (Å²) in [5.74, 6) is 1.49. The van der Waals surface area contributed by atoms with Crippen molar-refractivity contribution in [1.82, 2.24) is 10.6 Å². The van der Waals surface area contributed by atoms with Gasteiger partial charge in [0.05, 0.1) is 19.8 Å². The smallest absolute Gasteiger partial charge is 0.191 e. The van der Waals surface area contributed by atoms with Gasteiger partial charge in [-0.15, -0.1) is 24.0 Å². The van der Waals surface area contributed by atoms with Gasteiger partial charge in [-0.3, -0.25) is 4.99 Å². The van der Waals surface area contributed by atoms with Gasteiger partial charge in [0.1, 0.15) is 5.75 Å². The lowest BCUT2D eigenvalue weighted by atomic mass is 10.1. The van der Waals surface area contributed by atoms with E-state index in [1.165, 1.54) is 0 Å². The molecule has 3 N–H and O–H groups in total. The summed E-state index contributed by atoms with van der Waals surface area (Å²) in [5, 5.41) is 16.9. The van der Waals surface area contributed by atoms with E-state index >= 15 is 0 Å². The topological polar surface area (TPSA) is 65.9 Å². The monoisotopic (exact) mass is 431 g/mol. The highest BCUT2D eigenvalue weighted by atomic mass is 127. The Bertz CT molecular complexity index is 526. The first-order chi connectivity index (χ1) is 10.7. The fourth-order valence-corrected chi connectivity index (χ4v) is 2.38. The van der Waals surface area contributed by atoms with Crippen LogP contribution < -0.4 is 15.4 Å². The Morgan fingerprint density at radius 3 is 2.78 bits per heavy atom. The first-order valence-electron chi connectivity index (χ1n) is 7.74. The molecule has 0 aromatic heterocycles. The molecule has 6 heteroatoms. The molecule has 1 atom stereocenters. The molecule has 1 aliphatic rings. The summed E-state index contributed by atoms with van der Waals surface area (Å²) in [7, 11) is 1.62. The first-order valence-corrected chi connectivity index (χ1v) is 7.74. The molecule has 5 nitrogen and oxygen atoms in total. The molecule has 0 amide bonds. The largest absolute Gasteiger partial charge is 0.497 e. The van der Waals surface area contributed by atoms with Gasteiger partial charge in [0.2, 0.25) is 0 Å². The van der Waals surface area contributed by atoms with Crippen molar-refractivity contribution in [1.29, 1.82) is 0 Å². The van der Waals surface area contributed by atoms with Crippen molar-refractivity contribution in [2.24, 2.45) is 4.99 Å². The zero-order valence-corrected chi connectivity index (χ0v) is 16.0. The predicted octanol–water partition coefficient (Wildman–Crippen LogP) is 2.62. The maximum absolute atomic E-state index is 10.3. The van der Waals surface area contributed by atoms with E-state index in [9.17, 15) is 5.11 Å². The summed E-state index contributed by atoms with van der Waals surface area (Å²) in [6.45, 7) is 3.13. The molecular formula is C17H26IN3O2. The maximum Gasteiger partial charge on any atom is 0.191 e. The lowest BCUT2D eigenvalue weighted by molar-refractivity contribution is 0.186. The van der Waals surface area contributed by atoms with Crippen molar-refractivity contribution in [2.75, 3.05) is 20.2 Å². The molecule has 0 heterocycles. The van der Waals surface area contributed by atoms with Gasteiger partial charge in [0, 0.05) is 12.6 Å². The van der Waals surface area contributed by atoms with Crippen molar-refractivity contribution in [3.05, 3.63) is 42.0 Å². The normalized spacial score (nSPS) is 15.9. The van der Waals surface area contributed by atoms with E-state index in [4.69, 9.17) is 4.74 Å². The molecule has 1 unspecified atom stereocenters. The van der Waals surface area contributed by atoms with Gasteiger partial charge in [-0.2, -0.15) is 0 Å². The van der Waals surface area contributed by atoms with Gasteiger partial charge in [0.25, 0.3) is 0 Å². The average Bonchev–Trinajstić information content (AvgIpc) is 3.05. The van der Waals surface area contributed by atoms with E-state index in [2.05, 4.69) is 27.8 Å². The van der Waals surface area contributed by atoms with E-state index < -0.39 is 6.10 Å². The number of hydrogen-bond donors (Lipinski definition) is 3. The van der Waals surface area contributed by atoms with Gasteiger partial charge in [-0.25, -0.2) is 0 Å². The molecule has 0 aliphatic heterocycles. The van der Waals surface area contributed by atoms with E-state index in [-0.39, 0.29) is 24.0 Å². The minimum atomic E-state index is -0.646. The first kappa shape index (κ1) is 19.8. The second-order valence-corrected chi connectivity index (χ2v) is 5.30. The van der Waals surface area contributed by atoms with Crippen LogP contribution in [0.5, 0.6) is 5.75 Å². The number of benzene rings is 1. The van der Waals surface area contributed by atoms with Crippen molar-refractivity contribution in [3.8, 4) is 5.75 Å². The number of guanidine groups is 1. The third-order valence-electron chi connectivity index (χ3n) is 3.59. The van der Waals surface area contributed by atoms with Crippen molar-refractivity contribution < 1.29 is 9.84 Å². The SMILES string of the molecule is CCNC(=NCC(O)c1cccc(OC)c1)NC1CC=CC1.I. The van der Waals surface area contributed by atoms with Crippen LogP contribution in [0.15, 0.2) is 41.4 Å². The average molecular weight is 431 g/mol. The second-order valence-electron chi connectivity index (χ2n) is 5.30. The summed E-state index contributed by atoms with van der Waals surface area (Å²) in [5.41, 5.74) is 0.807. The van der Waals surface area contributed by atoms with E-state index in [1.54, 1.807) is 7.11 Å². The summed E-state index contributed by atoms with van der Waals surface area (Å²) < 4.78 is 5.18. The van der Waals surface area contributed by atoms with Crippen LogP contribution in [0.1, 0.15) is 31.4 Å². The van der Waals surface area contributed by atoms with Crippen LogP contribution in [-0.2, 0) is 0 Å². The molecule has 0 radical (unpaired) electrons. The molecule has 0 fully saturated rings. The molecule has 0 saturated heterocycles. The Balaban J connectivity index is 0.00000264. The highest BCUT2D eigenvalue weighted by Gasteiger charge is 2.13. The minimum absolute atomic E-state index is 0. The summed E-state index contributed by atoms with van der Waals surface area (Å²) >= 11 is 0. The molecule has 128 valence electrons. The molecular weight excluding hydrogens is 405 g/mol. The van der Waals surface area contributed by atoms with Gasteiger partial charge in [-0.05, 0) is 37.5 Å². The van der Waals surface area contributed by atoms with Crippen LogP contribution in [0.4, 0.5) is 0 Å². The zero-order chi connectivity index (χ0) is 15.8. The Kier molecular flexibility index (Phi) is 9.01. The number of methoxy groups -OCH3 is 1. The molecule has 0 saturated carbocycles. The third kappa shape index (κ3) is 6.39. The standard InChI is InChI=1S/C17H25N3O2.HI/c1-3-18-17(20-14-8-4-5-9-14)19-12-16(21)13-7-6-10-15(11-13)22-2;/h4-7,10-11,14,16,21H,3,8-9,12H2,1-2H3,(H2,18,19,20);1H. The molecule has 0 bridgehead atoms. The minimum Gasteiger partial charge on any atom is -0.497 e. The Morgan fingerprint density at radius 2 is 2.13 bits per heavy atom. The number of hydrogen-bond acceptors (Lipinski definition) is 3. The van der Waals surface area contributed by atoms with Gasteiger partial charge >= 0.3 is 0 Å². The molecule has 2 rings (SSSR count). The number of aliphatic imine (C=N–C) groups is 1. The number of aliphatic hydroxyl groups excluding tert-OH is 1. The number of halogens is 1. The quantitative estimate of drug-likeness (QED) is 0.281. The molecule has 23 heavy (non-hydrogen) atoms. The lowest BCUT2D eigenvalue weighted by Crippen LogP contribution is -2.42. The highest BCUT2D eigenvalue weighted by molar-refractivity contribution is 14.0. The fraction of sp³-hybridized carbons (Fsp3) is 0.471. The summed E-state index contributed by atoms with van der Waals surface area (Å²) in [6, 6.07) is 7.84. The highest BCUT2D eigenvalue weighted by Crippen LogP contribution is 2.19. The van der Waals surface area contributed by atoms with Crippen LogP contribution in [-0.4, -0.2) is 37.3 Å². The van der Waals surface area contributed by atoms with Crippen molar-refractivity contribution in [3.63, 3.8) is 0 Å². The summed E-state index contributed by atoms with van der Waals surface area (Å²) in [6.07, 6.45) is 5.73. The third-order valence-corrected chi connectivity index (χ3v) is 3.59. The second kappa shape index (κ2) is 10.5. The fourth-order valence-electron chi connectivity index (χ4n) is 2.38. The van der Waals surface area contributed by atoms with Crippen LogP contribution in [0, 0.1) is 0 Å². The van der Waals surface area contributed by atoms with E-state index in [0.717, 1.165) is 36.7 Å². The predicted molar refractivity (Wildman–Crippen MR) is 105 cm³/mol. The Labute approximate surface area is 155 Å². The Morgan fingerprint density at radius 1 is 1.39 bits per heavy atom. The molecule has 0 spiro atoms. The van der Waals surface area contributed by atoms with Gasteiger partial charge in [0.15, 0.2) is 5.96 Å². The van der Waals surface area contributed by atoms with Crippen LogP contribution in [0.2, 0.25) is 0 Å². The van der Waals surface area contributed by atoms with E-state index in [1.807, 2.05) is 31.2 Å². The number of aliphatic hydroxyl groups is 1. The Hall–Kier alpha value is -1.28. The lowest BCUT2D eigenvalue weighted by Gasteiger charge is -2.17. The number of nitrogens with zero attached hydrogens (tertiary/aromatic N) is 1. The number of rotatable bonds is 6. The maximum atomic E-state index is 10.3. The molecule has 1 aromatic rings.